The molecule has 3 heterocycles. The summed E-state index contributed by atoms with van der Waals surface area (Å²) < 4.78 is 39.7. The summed E-state index contributed by atoms with van der Waals surface area (Å²) in [7, 11) is 1.44. The van der Waals surface area contributed by atoms with Gasteiger partial charge in [-0.3, -0.25) is 4.79 Å². The lowest BCUT2D eigenvalue weighted by Gasteiger charge is -2.32. The predicted octanol–water partition coefficient (Wildman–Crippen LogP) is 2.88. The number of hydrogen-bond donors (Lipinski definition) is 1. The van der Waals surface area contributed by atoms with E-state index in [1.807, 2.05) is 0 Å². The van der Waals surface area contributed by atoms with E-state index >= 15 is 0 Å². The molecule has 0 atom stereocenters. The topological polar surface area (TPSA) is 45.2 Å². The minimum Gasteiger partial charge on any atom is -0.356 e. The molecule has 0 aliphatic carbocycles. The van der Waals surface area contributed by atoms with Crippen molar-refractivity contribution in [2.75, 3.05) is 25.0 Å². The van der Waals surface area contributed by atoms with E-state index in [-0.39, 0.29) is 21.6 Å². The number of fused-ring (bicyclic) bond motifs is 1. The summed E-state index contributed by atoms with van der Waals surface area (Å²) in [5.41, 5.74) is -0.420. The number of alkyl halides is 3. The Balaban J connectivity index is 2.24. The Morgan fingerprint density at radius 3 is 2.67 bits per heavy atom. The lowest BCUT2D eigenvalue weighted by atomic mass is 10.1. The maximum absolute atomic E-state index is 13.2. The van der Waals surface area contributed by atoms with E-state index < -0.39 is 17.6 Å². The fourth-order valence-corrected chi connectivity index (χ4v) is 3.23. The van der Waals surface area contributed by atoms with Crippen LogP contribution in [0.2, 0.25) is 0 Å². The summed E-state index contributed by atoms with van der Waals surface area (Å²) in [5, 5.41) is 3.85. The van der Waals surface area contributed by atoms with E-state index in [1.165, 1.54) is 12.4 Å². The highest BCUT2D eigenvalue weighted by atomic mass is 32.1. The second-order valence-corrected chi connectivity index (χ2v) is 5.65. The third-order valence-corrected chi connectivity index (χ3v) is 4.47. The smallest absolute Gasteiger partial charge is 0.356 e. The number of carbonyl (C=O) groups is 1. The molecule has 0 aromatic carbocycles. The number of anilines is 1. The van der Waals surface area contributed by atoms with Gasteiger partial charge in [0, 0.05) is 25.5 Å². The quantitative estimate of drug-likeness (QED) is 0.927. The van der Waals surface area contributed by atoms with Crippen LogP contribution < -0.4 is 10.2 Å². The third kappa shape index (κ3) is 2.33. The van der Waals surface area contributed by atoms with Crippen molar-refractivity contribution < 1.29 is 18.0 Å². The number of pyridine rings is 1. The highest BCUT2D eigenvalue weighted by molar-refractivity contribution is 7.17. The first-order valence-electron chi connectivity index (χ1n) is 6.38. The van der Waals surface area contributed by atoms with Crippen LogP contribution in [0.15, 0.2) is 11.4 Å². The Morgan fingerprint density at radius 1 is 1.43 bits per heavy atom. The average Bonchev–Trinajstić information content (AvgIpc) is 2.77. The van der Waals surface area contributed by atoms with Crippen molar-refractivity contribution >= 4 is 33.3 Å². The summed E-state index contributed by atoms with van der Waals surface area (Å²) in [5.74, 6) is -0.146. The summed E-state index contributed by atoms with van der Waals surface area (Å²) in [6.45, 7) is 1.38. The van der Waals surface area contributed by atoms with Gasteiger partial charge in [-0.05, 0) is 12.5 Å². The number of aromatic nitrogens is 1. The molecule has 0 saturated carbocycles. The number of rotatable bonds is 2. The SMILES string of the molecule is CNC(=O)c1csc2c(C(F)(F)F)cc(N3CCC3)nc12. The van der Waals surface area contributed by atoms with Gasteiger partial charge in [0.15, 0.2) is 0 Å². The van der Waals surface area contributed by atoms with E-state index in [1.54, 1.807) is 4.90 Å². The number of amides is 1. The van der Waals surface area contributed by atoms with Gasteiger partial charge in [0.05, 0.1) is 21.3 Å². The van der Waals surface area contributed by atoms with Gasteiger partial charge in [-0.15, -0.1) is 11.3 Å². The molecule has 2 aromatic heterocycles. The summed E-state index contributed by atoms with van der Waals surface area (Å²) >= 11 is 0.895. The van der Waals surface area contributed by atoms with Crippen LogP contribution >= 0.6 is 11.3 Å². The van der Waals surface area contributed by atoms with Crippen LogP contribution in [0.5, 0.6) is 0 Å². The molecule has 8 heteroatoms. The van der Waals surface area contributed by atoms with Gasteiger partial charge < -0.3 is 10.2 Å². The second kappa shape index (κ2) is 4.87. The van der Waals surface area contributed by atoms with Gasteiger partial charge in [-0.2, -0.15) is 13.2 Å². The fourth-order valence-electron chi connectivity index (χ4n) is 2.21. The van der Waals surface area contributed by atoms with E-state index in [9.17, 15) is 18.0 Å². The molecule has 1 N–H and O–H groups in total. The number of nitrogens with one attached hydrogen (secondary N) is 1. The molecule has 1 aliphatic heterocycles. The Kier molecular flexibility index (Phi) is 3.27. The maximum atomic E-state index is 13.2. The number of carbonyl (C=O) groups excluding carboxylic acids is 1. The minimum atomic E-state index is -4.47. The van der Waals surface area contributed by atoms with Crippen LogP contribution in [0.25, 0.3) is 10.2 Å². The lowest BCUT2D eigenvalue weighted by molar-refractivity contribution is -0.136. The van der Waals surface area contributed by atoms with E-state index in [4.69, 9.17) is 0 Å². The molecule has 1 aliphatic rings. The summed E-state index contributed by atoms with van der Waals surface area (Å²) in [6, 6.07) is 1.08. The molecule has 1 amide bonds. The van der Waals surface area contributed by atoms with E-state index in [0.717, 1.165) is 23.8 Å². The van der Waals surface area contributed by atoms with Crippen LogP contribution in [0.4, 0.5) is 19.0 Å². The molecule has 2 aromatic rings. The number of nitrogens with zero attached hydrogens (tertiary/aromatic N) is 2. The summed E-state index contributed by atoms with van der Waals surface area (Å²) in [4.78, 5) is 17.8. The van der Waals surface area contributed by atoms with Crippen molar-refractivity contribution in [2.24, 2.45) is 0 Å². The standard InChI is InChI=1S/C13H12F3N3OS/c1-17-12(20)7-6-21-11-8(13(14,15)16)5-9(18-10(7)11)19-3-2-4-19/h5-6H,2-4H2,1H3,(H,17,20). The van der Waals surface area contributed by atoms with Gasteiger partial charge in [-0.1, -0.05) is 0 Å². The van der Waals surface area contributed by atoms with Crippen LogP contribution in [-0.4, -0.2) is 31.0 Å². The molecule has 0 unspecified atom stereocenters. The molecular formula is C13H12F3N3OS. The number of thiophene rings is 1. The molecule has 1 fully saturated rings. The highest BCUT2D eigenvalue weighted by Crippen LogP contribution is 2.40. The third-order valence-electron chi connectivity index (χ3n) is 3.47. The van der Waals surface area contributed by atoms with Crippen LogP contribution in [0.1, 0.15) is 22.3 Å². The molecule has 112 valence electrons. The maximum Gasteiger partial charge on any atom is 0.417 e. The van der Waals surface area contributed by atoms with Gasteiger partial charge in [0.1, 0.15) is 5.82 Å². The largest absolute Gasteiger partial charge is 0.417 e. The lowest BCUT2D eigenvalue weighted by Crippen LogP contribution is -2.37. The van der Waals surface area contributed by atoms with Crippen molar-refractivity contribution in [2.45, 2.75) is 12.6 Å². The average molecular weight is 315 g/mol. The fraction of sp³-hybridized carbons (Fsp3) is 0.385. The van der Waals surface area contributed by atoms with Crippen LogP contribution in [-0.2, 0) is 6.18 Å². The Bertz CT molecular complexity index is 706. The van der Waals surface area contributed by atoms with Crippen LogP contribution in [0, 0.1) is 0 Å². The van der Waals surface area contributed by atoms with Gasteiger partial charge in [0.2, 0.25) is 0 Å². The molecule has 1 saturated heterocycles. The first-order valence-corrected chi connectivity index (χ1v) is 7.26. The minimum absolute atomic E-state index is 0.00498. The van der Waals surface area contributed by atoms with E-state index in [2.05, 4.69) is 10.3 Å². The molecule has 21 heavy (non-hydrogen) atoms. The predicted molar refractivity (Wildman–Crippen MR) is 74.8 cm³/mol. The highest BCUT2D eigenvalue weighted by Gasteiger charge is 2.36. The van der Waals surface area contributed by atoms with Crippen LogP contribution in [0.3, 0.4) is 0 Å². The zero-order valence-electron chi connectivity index (χ0n) is 11.1. The number of halogens is 3. The monoisotopic (exact) mass is 315 g/mol. The zero-order valence-corrected chi connectivity index (χ0v) is 11.9. The molecule has 0 spiro atoms. The summed E-state index contributed by atoms with van der Waals surface area (Å²) in [6.07, 6.45) is -3.53. The molecular weight excluding hydrogens is 303 g/mol. The van der Waals surface area contributed by atoms with Crippen molar-refractivity contribution in [3.8, 4) is 0 Å². The Hall–Kier alpha value is -1.83. The normalized spacial score (nSPS) is 15.1. The van der Waals surface area contributed by atoms with Crippen molar-refractivity contribution in [3.63, 3.8) is 0 Å². The Morgan fingerprint density at radius 2 is 2.14 bits per heavy atom. The number of hydrogen-bond acceptors (Lipinski definition) is 4. The molecule has 0 bridgehead atoms. The second-order valence-electron chi connectivity index (χ2n) is 4.77. The zero-order chi connectivity index (χ0) is 15.2. The van der Waals surface area contributed by atoms with Gasteiger partial charge in [-0.25, -0.2) is 4.98 Å². The first kappa shape index (κ1) is 14.1. The van der Waals surface area contributed by atoms with Crippen molar-refractivity contribution in [1.29, 1.82) is 0 Å². The molecule has 0 radical (unpaired) electrons. The molecule has 3 rings (SSSR count). The van der Waals surface area contributed by atoms with E-state index in [0.29, 0.717) is 13.1 Å². The molecule has 4 nitrogen and oxygen atoms in total. The van der Waals surface area contributed by atoms with Crippen molar-refractivity contribution in [3.05, 3.63) is 22.6 Å². The van der Waals surface area contributed by atoms with Gasteiger partial charge >= 0.3 is 6.18 Å². The first-order chi connectivity index (χ1) is 9.91. The van der Waals surface area contributed by atoms with Gasteiger partial charge in [0.25, 0.3) is 5.91 Å². The van der Waals surface area contributed by atoms with Crippen molar-refractivity contribution in [1.82, 2.24) is 10.3 Å². The Labute approximate surface area is 122 Å².